The minimum Gasteiger partial charge on any atom is -0.271 e. The van der Waals surface area contributed by atoms with Crippen molar-refractivity contribution >= 4 is 10.9 Å². The van der Waals surface area contributed by atoms with Gasteiger partial charge in [0.2, 0.25) is 0 Å². The lowest BCUT2D eigenvalue weighted by molar-refractivity contribution is 0.544. The summed E-state index contributed by atoms with van der Waals surface area (Å²) in [5.74, 6) is 5.22. The van der Waals surface area contributed by atoms with E-state index >= 15 is 0 Å². The summed E-state index contributed by atoms with van der Waals surface area (Å²) < 4.78 is 13.9. The Morgan fingerprint density at radius 1 is 1.19 bits per heavy atom. The number of aromatic nitrogens is 2. The van der Waals surface area contributed by atoms with Crippen LogP contribution in [-0.2, 0) is 0 Å². The molecule has 0 aliphatic carbocycles. The number of hydrazine groups is 1. The Labute approximate surface area is 121 Å². The van der Waals surface area contributed by atoms with Crippen molar-refractivity contribution in [1.82, 2.24) is 15.4 Å². The van der Waals surface area contributed by atoms with Crippen LogP contribution in [-0.4, -0.2) is 9.97 Å². The van der Waals surface area contributed by atoms with Crippen molar-refractivity contribution in [3.05, 3.63) is 71.4 Å². The quantitative estimate of drug-likeness (QED) is 0.572. The minimum absolute atomic E-state index is 0.277. The molecule has 0 saturated heterocycles. The molecule has 2 heterocycles. The van der Waals surface area contributed by atoms with E-state index in [0.29, 0.717) is 0 Å². The van der Waals surface area contributed by atoms with Gasteiger partial charge in [-0.1, -0.05) is 12.1 Å². The maximum absolute atomic E-state index is 13.9. The first kappa shape index (κ1) is 13.6. The molecular formula is C16H15FN4. The van der Waals surface area contributed by atoms with Gasteiger partial charge in [0.05, 0.1) is 17.3 Å². The molecule has 0 amide bonds. The molecule has 5 heteroatoms. The van der Waals surface area contributed by atoms with Crippen LogP contribution < -0.4 is 11.3 Å². The van der Waals surface area contributed by atoms with E-state index in [4.69, 9.17) is 5.84 Å². The molecule has 0 spiro atoms. The molecule has 3 rings (SSSR count). The zero-order chi connectivity index (χ0) is 14.8. The van der Waals surface area contributed by atoms with Gasteiger partial charge in [0.15, 0.2) is 0 Å². The number of nitrogens with two attached hydrogens (primary N) is 1. The zero-order valence-corrected chi connectivity index (χ0v) is 11.5. The van der Waals surface area contributed by atoms with Crippen LogP contribution >= 0.6 is 0 Å². The van der Waals surface area contributed by atoms with Crippen LogP contribution in [0.25, 0.3) is 10.9 Å². The van der Waals surface area contributed by atoms with Gasteiger partial charge in [0.25, 0.3) is 0 Å². The molecule has 0 radical (unpaired) electrons. The smallest absolute Gasteiger partial charge is 0.146 e. The first-order valence-corrected chi connectivity index (χ1v) is 6.63. The molecule has 1 aromatic carbocycles. The number of hydrogen-bond acceptors (Lipinski definition) is 4. The van der Waals surface area contributed by atoms with E-state index in [1.807, 2.05) is 37.3 Å². The molecule has 21 heavy (non-hydrogen) atoms. The number of fused-ring (bicyclic) bond motifs is 1. The zero-order valence-electron chi connectivity index (χ0n) is 11.5. The molecule has 1 atom stereocenters. The molecule has 0 fully saturated rings. The van der Waals surface area contributed by atoms with Crippen molar-refractivity contribution < 1.29 is 4.39 Å². The molecule has 2 aromatic heterocycles. The van der Waals surface area contributed by atoms with Gasteiger partial charge in [-0.3, -0.25) is 15.8 Å². The molecule has 4 nitrogen and oxygen atoms in total. The number of rotatable bonds is 3. The first-order chi connectivity index (χ1) is 10.2. The summed E-state index contributed by atoms with van der Waals surface area (Å²) in [6, 6.07) is 12.1. The lowest BCUT2D eigenvalue weighted by atomic mass is 10.0. The maximum atomic E-state index is 13.9. The number of halogens is 1. The summed E-state index contributed by atoms with van der Waals surface area (Å²) in [5.41, 5.74) is 5.60. The fourth-order valence-electron chi connectivity index (χ4n) is 2.37. The Morgan fingerprint density at radius 2 is 2.05 bits per heavy atom. The number of benzene rings is 1. The molecule has 3 aromatic rings. The fourth-order valence-corrected chi connectivity index (χ4v) is 2.37. The van der Waals surface area contributed by atoms with E-state index in [9.17, 15) is 4.39 Å². The van der Waals surface area contributed by atoms with Crippen LogP contribution in [0.2, 0.25) is 0 Å². The standard InChI is InChI=1S/C16H15FN4/c1-10-4-5-11-9-12(6-7-14(11)20-10)15(21-18)16-13(17)3-2-8-19-16/h2-9,15,21H,18H2,1H3. The molecule has 0 aliphatic rings. The summed E-state index contributed by atoms with van der Waals surface area (Å²) in [6.07, 6.45) is 1.55. The van der Waals surface area contributed by atoms with E-state index in [1.165, 1.54) is 6.07 Å². The van der Waals surface area contributed by atoms with Crippen molar-refractivity contribution in [2.75, 3.05) is 0 Å². The van der Waals surface area contributed by atoms with Gasteiger partial charge < -0.3 is 0 Å². The number of pyridine rings is 2. The third-order valence-electron chi connectivity index (χ3n) is 3.41. The Bertz CT molecular complexity index is 788. The maximum Gasteiger partial charge on any atom is 0.146 e. The van der Waals surface area contributed by atoms with Gasteiger partial charge in [-0.15, -0.1) is 0 Å². The Kier molecular flexibility index (Phi) is 3.60. The Balaban J connectivity index is 2.09. The summed E-state index contributed by atoms with van der Waals surface area (Å²) in [7, 11) is 0. The SMILES string of the molecule is Cc1ccc2cc(C(NN)c3ncccc3F)ccc2n1. The van der Waals surface area contributed by atoms with E-state index < -0.39 is 6.04 Å². The molecule has 1 unspecified atom stereocenters. The van der Waals surface area contributed by atoms with Crippen LogP contribution in [0.5, 0.6) is 0 Å². The summed E-state index contributed by atoms with van der Waals surface area (Å²) in [4.78, 5) is 8.54. The number of aryl methyl sites for hydroxylation is 1. The third kappa shape index (κ3) is 2.61. The highest BCUT2D eigenvalue weighted by molar-refractivity contribution is 5.79. The highest BCUT2D eigenvalue weighted by Crippen LogP contribution is 2.25. The third-order valence-corrected chi connectivity index (χ3v) is 3.41. The van der Waals surface area contributed by atoms with Crippen molar-refractivity contribution in [3.63, 3.8) is 0 Å². The van der Waals surface area contributed by atoms with Crippen LogP contribution in [0.3, 0.4) is 0 Å². The predicted molar refractivity (Wildman–Crippen MR) is 79.8 cm³/mol. The Hall–Kier alpha value is -2.37. The van der Waals surface area contributed by atoms with Gasteiger partial charge in [0, 0.05) is 17.3 Å². The van der Waals surface area contributed by atoms with Crippen LogP contribution in [0.15, 0.2) is 48.7 Å². The average Bonchev–Trinajstić information content (AvgIpc) is 2.50. The summed E-state index contributed by atoms with van der Waals surface area (Å²) in [6.45, 7) is 1.95. The van der Waals surface area contributed by atoms with Gasteiger partial charge in [-0.05, 0) is 42.8 Å². The van der Waals surface area contributed by atoms with Gasteiger partial charge in [-0.25, -0.2) is 9.82 Å². The van der Waals surface area contributed by atoms with E-state index in [0.717, 1.165) is 22.2 Å². The molecule has 0 saturated carbocycles. The monoisotopic (exact) mass is 282 g/mol. The van der Waals surface area contributed by atoms with Crippen molar-refractivity contribution in [2.45, 2.75) is 13.0 Å². The number of nitrogens with zero attached hydrogens (tertiary/aromatic N) is 2. The first-order valence-electron chi connectivity index (χ1n) is 6.63. The van der Waals surface area contributed by atoms with Gasteiger partial charge in [0.1, 0.15) is 5.82 Å². The largest absolute Gasteiger partial charge is 0.271 e. The van der Waals surface area contributed by atoms with Gasteiger partial charge in [-0.2, -0.15) is 0 Å². The Morgan fingerprint density at radius 3 is 2.81 bits per heavy atom. The normalized spacial score (nSPS) is 12.5. The van der Waals surface area contributed by atoms with Crippen molar-refractivity contribution in [3.8, 4) is 0 Å². The molecular weight excluding hydrogens is 267 g/mol. The number of nitrogens with one attached hydrogen (secondary N) is 1. The lowest BCUT2D eigenvalue weighted by Crippen LogP contribution is -2.30. The lowest BCUT2D eigenvalue weighted by Gasteiger charge is -2.17. The highest BCUT2D eigenvalue weighted by atomic mass is 19.1. The molecule has 0 bridgehead atoms. The number of hydrogen-bond donors (Lipinski definition) is 2. The summed E-state index contributed by atoms with van der Waals surface area (Å²) in [5, 5.41) is 0.981. The molecule has 106 valence electrons. The van der Waals surface area contributed by atoms with E-state index in [-0.39, 0.29) is 11.5 Å². The fraction of sp³-hybridized carbons (Fsp3) is 0.125. The molecule has 0 aliphatic heterocycles. The minimum atomic E-state index is -0.503. The highest BCUT2D eigenvalue weighted by Gasteiger charge is 2.18. The summed E-state index contributed by atoms with van der Waals surface area (Å²) >= 11 is 0. The second-order valence-corrected chi connectivity index (χ2v) is 4.87. The van der Waals surface area contributed by atoms with Crippen LogP contribution in [0, 0.1) is 12.7 Å². The molecule has 3 N–H and O–H groups in total. The van der Waals surface area contributed by atoms with Crippen molar-refractivity contribution in [1.29, 1.82) is 0 Å². The van der Waals surface area contributed by atoms with Crippen molar-refractivity contribution in [2.24, 2.45) is 5.84 Å². The average molecular weight is 282 g/mol. The van der Waals surface area contributed by atoms with E-state index in [2.05, 4.69) is 15.4 Å². The van der Waals surface area contributed by atoms with Crippen LogP contribution in [0.1, 0.15) is 23.0 Å². The van der Waals surface area contributed by atoms with Gasteiger partial charge >= 0.3 is 0 Å². The van der Waals surface area contributed by atoms with E-state index in [1.54, 1.807) is 12.3 Å². The topological polar surface area (TPSA) is 63.8 Å². The second kappa shape index (κ2) is 5.55. The van der Waals surface area contributed by atoms with Crippen LogP contribution in [0.4, 0.5) is 4.39 Å². The second-order valence-electron chi connectivity index (χ2n) is 4.87. The predicted octanol–water partition coefficient (Wildman–Crippen LogP) is 2.63.